The van der Waals surface area contributed by atoms with Gasteiger partial charge in [-0.05, 0) is 31.5 Å². The second-order valence-corrected chi connectivity index (χ2v) is 9.78. The van der Waals surface area contributed by atoms with Gasteiger partial charge < -0.3 is 20.1 Å². The van der Waals surface area contributed by atoms with Crippen molar-refractivity contribution in [3.05, 3.63) is 35.8 Å². The molecule has 1 saturated carbocycles. The van der Waals surface area contributed by atoms with Gasteiger partial charge in [-0.1, -0.05) is 0 Å². The molecule has 2 saturated heterocycles. The third kappa shape index (κ3) is 4.11. The molecule has 186 valence electrons. The first-order valence-electron chi connectivity index (χ1n) is 12.0. The van der Waals surface area contributed by atoms with Crippen LogP contribution in [0, 0.1) is 13.8 Å². The Balaban J connectivity index is 1.19. The molecule has 0 radical (unpaired) electrons. The number of fused-ring (bicyclic) bond motifs is 1. The van der Waals surface area contributed by atoms with Crippen molar-refractivity contribution in [2.45, 2.75) is 44.4 Å². The van der Waals surface area contributed by atoms with Crippen LogP contribution in [0.5, 0.6) is 0 Å². The number of aliphatic hydroxyl groups is 1. The van der Waals surface area contributed by atoms with Gasteiger partial charge in [-0.25, -0.2) is 18.7 Å². The predicted molar refractivity (Wildman–Crippen MR) is 128 cm³/mol. The highest BCUT2D eigenvalue weighted by Crippen LogP contribution is 2.53. The highest BCUT2D eigenvalue weighted by molar-refractivity contribution is 5.84. The molecule has 4 heterocycles. The fourth-order valence-electron chi connectivity index (χ4n) is 5.20. The van der Waals surface area contributed by atoms with E-state index in [2.05, 4.69) is 44.3 Å². The van der Waals surface area contributed by atoms with Gasteiger partial charge in [0.2, 0.25) is 5.95 Å². The maximum atomic E-state index is 13.5. The van der Waals surface area contributed by atoms with E-state index in [4.69, 9.17) is 9.72 Å². The summed E-state index contributed by atoms with van der Waals surface area (Å²) >= 11 is 0. The van der Waals surface area contributed by atoms with Crippen LogP contribution in [0.1, 0.15) is 23.7 Å². The summed E-state index contributed by atoms with van der Waals surface area (Å²) in [5.41, 5.74) is 4.35. The quantitative estimate of drug-likeness (QED) is 0.570. The molecule has 3 unspecified atom stereocenters. The lowest BCUT2D eigenvalue weighted by Crippen LogP contribution is -2.53. The van der Waals surface area contributed by atoms with E-state index in [-0.39, 0.29) is 12.5 Å². The van der Waals surface area contributed by atoms with E-state index < -0.39 is 18.1 Å². The van der Waals surface area contributed by atoms with Gasteiger partial charge in [0.25, 0.3) is 5.92 Å². The van der Waals surface area contributed by atoms with Crippen LogP contribution < -0.4 is 10.2 Å². The molecular formula is C24H29F2N7O2. The fraction of sp³-hybridized carbons (Fsp3) is 0.542. The summed E-state index contributed by atoms with van der Waals surface area (Å²) in [6, 6.07) is 3.39. The molecule has 0 spiro atoms. The highest BCUT2D eigenvalue weighted by atomic mass is 19.3. The van der Waals surface area contributed by atoms with E-state index in [1.165, 1.54) is 4.68 Å². The Morgan fingerprint density at radius 3 is 2.57 bits per heavy atom. The number of aryl methyl sites for hydroxylation is 1. The molecule has 11 heteroatoms. The Labute approximate surface area is 201 Å². The number of halogens is 2. The van der Waals surface area contributed by atoms with Gasteiger partial charge in [-0.2, -0.15) is 5.10 Å². The predicted octanol–water partition coefficient (Wildman–Crippen LogP) is 2.65. The molecule has 1 aliphatic carbocycles. The Morgan fingerprint density at radius 1 is 1.11 bits per heavy atom. The highest BCUT2D eigenvalue weighted by Gasteiger charge is 2.59. The topological polar surface area (TPSA) is 91.6 Å². The molecule has 2 N–H and O–H groups in total. The Morgan fingerprint density at radius 2 is 1.89 bits per heavy atom. The summed E-state index contributed by atoms with van der Waals surface area (Å²) in [4.78, 5) is 13.8. The molecule has 3 fully saturated rings. The molecule has 3 atom stereocenters. The number of hydrogen-bond acceptors (Lipinski definition) is 8. The summed E-state index contributed by atoms with van der Waals surface area (Å²) in [5.74, 6) is -2.28. The molecule has 0 amide bonds. The maximum Gasteiger partial charge on any atom is 0.272 e. The summed E-state index contributed by atoms with van der Waals surface area (Å²) in [6.45, 7) is 8.30. The van der Waals surface area contributed by atoms with Crippen LogP contribution in [0.15, 0.2) is 24.5 Å². The van der Waals surface area contributed by atoms with Crippen LogP contribution in [0.25, 0.3) is 10.9 Å². The average Bonchev–Trinajstić information content (AvgIpc) is 3.11. The van der Waals surface area contributed by atoms with Gasteiger partial charge in [-0.3, -0.25) is 9.58 Å². The number of aliphatic hydroxyl groups excluding tert-OH is 1. The molecule has 0 bridgehead atoms. The van der Waals surface area contributed by atoms with E-state index in [1.807, 2.05) is 0 Å². The number of aromatic nitrogens is 4. The number of nitrogens with one attached hydrogen (secondary N) is 1. The van der Waals surface area contributed by atoms with Crippen molar-refractivity contribution < 1.29 is 18.6 Å². The van der Waals surface area contributed by atoms with E-state index >= 15 is 0 Å². The second-order valence-electron chi connectivity index (χ2n) is 9.78. The number of hydrogen-bond donors (Lipinski definition) is 2. The first-order valence-corrected chi connectivity index (χ1v) is 12.0. The standard InChI is InChI=1S/C24H29F2N7O2/c1-14-7-16-10-27-23(30-18-11-28-33(15(18)2)22-9-24(22,25)26)29-17(16)8-19(14)31-3-5-32(6-4-31)20-12-35-13-21(20)34/h7-8,10-11,20-22,34H,3-6,9,12-13H2,1-2H3,(H,27,29,30). The molecule has 1 aromatic carbocycles. The summed E-state index contributed by atoms with van der Waals surface area (Å²) in [7, 11) is 0. The number of rotatable bonds is 5. The lowest BCUT2D eigenvalue weighted by Gasteiger charge is -2.40. The van der Waals surface area contributed by atoms with Crippen molar-refractivity contribution in [3.8, 4) is 0 Å². The Bertz CT molecular complexity index is 1260. The number of benzene rings is 1. The minimum absolute atomic E-state index is 0.0789. The van der Waals surface area contributed by atoms with Crippen LogP contribution in [-0.2, 0) is 4.74 Å². The molecule has 6 rings (SSSR count). The van der Waals surface area contributed by atoms with Crippen molar-refractivity contribution in [2.24, 2.45) is 0 Å². The number of anilines is 3. The largest absolute Gasteiger partial charge is 0.389 e. The number of nitrogens with zero attached hydrogens (tertiary/aromatic N) is 6. The summed E-state index contributed by atoms with van der Waals surface area (Å²) in [6.07, 6.45) is 2.73. The SMILES string of the molecule is Cc1cc2cnc(Nc3cnn(C4CC4(F)F)c3C)nc2cc1N1CCN(C2COCC2O)CC1. The molecule has 35 heavy (non-hydrogen) atoms. The molecule has 9 nitrogen and oxygen atoms in total. The first kappa shape index (κ1) is 22.6. The molecule has 3 aliphatic rings. The monoisotopic (exact) mass is 485 g/mol. The molecular weight excluding hydrogens is 456 g/mol. The fourth-order valence-corrected chi connectivity index (χ4v) is 5.20. The number of alkyl halides is 2. The third-order valence-corrected chi connectivity index (χ3v) is 7.42. The van der Waals surface area contributed by atoms with Gasteiger partial charge >= 0.3 is 0 Å². The van der Waals surface area contributed by atoms with Crippen LogP contribution in [-0.4, -0.2) is 87.2 Å². The van der Waals surface area contributed by atoms with Crippen molar-refractivity contribution in [1.29, 1.82) is 0 Å². The van der Waals surface area contributed by atoms with E-state index in [9.17, 15) is 13.9 Å². The van der Waals surface area contributed by atoms with Gasteiger partial charge in [0.05, 0.1) is 48.5 Å². The molecule has 2 aromatic heterocycles. The van der Waals surface area contributed by atoms with Gasteiger partial charge in [0.15, 0.2) is 0 Å². The van der Waals surface area contributed by atoms with E-state index in [0.29, 0.717) is 30.5 Å². The molecule has 2 aliphatic heterocycles. The van der Waals surface area contributed by atoms with Crippen molar-refractivity contribution in [3.63, 3.8) is 0 Å². The zero-order chi connectivity index (χ0) is 24.3. The zero-order valence-electron chi connectivity index (χ0n) is 19.8. The van der Waals surface area contributed by atoms with Gasteiger partial charge in [0.1, 0.15) is 6.04 Å². The number of piperazine rings is 1. The van der Waals surface area contributed by atoms with Gasteiger partial charge in [0, 0.05) is 49.9 Å². The van der Waals surface area contributed by atoms with Crippen molar-refractivity contribution in [1.82, 2.24) is 24.6 Å². The second kappa shape index (κ2) is 8.35. The van der Waals surface area contributed by atoms with Crippen LogP contribution in [0.2, 0.25) is 0 Å². The number of ether oxygens (including phenoxy) is 1. The first-order chi connectivity index (χ1) is 16.8. The average molecular weight is 486 g/mol. The maximum absolute atomic E-state index is 13.5. The van der Waals surface area contributed by atoms with E-state index in [1.54, 1.807) is 19.3 Å². The molecule has 3 aromatic rings. The summed E-state index contributed by atoms with van der Waals surface area (Å²) < 4.78 is 33.8. The lowest BCUT2D eigenvalue weighted by molar-refractivity contribution is 0.0785. The van der Waals surface area contributed by atoms with Gasteiger partial charge in [-0.15, -0.1) is 0 Å². The Kier molecular flexibility index (Phi) is 5.39. The minimum atomic E-state index is -2.68. The van der Waals surface area contributed by atoms with Crippen LogP contribution >= 0.6 is 0 Å². The van der Waals surface area contributed by atoms with E-state index in [0.717, 1.165) is 48.3 Å². The summed E-state index contributed by atoms with van der Waals surface area (Å²) in [5, 5.41) is 18.4. The lowest BCUT2D eigenvalue weighted by atomic mass is 10.1. The third-order valence-electron chi connectivity index (χ3n) is 7.42. The van der Waals surface area contributed by atoms with Crippen molar-refractivity contribution >= 4 is 28.2 Å². The van der Waals surface area contributed by atoms with Crippen molar-refractivity contribution in [2.75, 3.05) is 49.6 Å². The Hall–Kier alpha value is -2.89. The minimum Gasteiger partial charge on any atom is -0.389 e. The van der Waals surface area contributed by atoms with Crippen LogP contribution in [0.3, 0.4) is 0 Å². The van der Waals surface area contributed by atoms with Crippen LogP contribution in [0.4, 0.5) is 26.1 Å². The normalized spacial score (nSPS) is 26.4. The smallest absolute Gasteiger partial charge is 0.272 e. The zero-order valence-corrected chi connectivity index (χ0v) is 19.8.